The standard InChI is InChI=1S/C26H33N5O2/c32-25-21-10-6-16-28-24(21)31(23-12-4-3-11-22(23)29-25)26(33)30-17-7-8-19(18-30)13-14-20-9-2-1-5-15-27-20/h3-4,6,10-12,16,19-20,27H,1-2,5,7-9,13-15,17-18H2,(H,29,32). The van der Waals surface area contributed by atoms with Crippen LogP contribution >= 0.6 is 0 Å². The first-order valence-corrected chi connectivity index (χ1v) is 12.4. The summed E-state index contributed by atoms with van der Waals surface area (Å²) >= 11 is 0. The molecule has 0 spiro atoms. The molecule has 2 N–H and O–H groups in total. The van der Waals surface area contributed by atoms with Gasteiger partial charge in [0.1, 0.15) is 0 Å². The Bertz CT molecular complexity index is 1000. The molecule has 2 fully saturated rings. The number of benzene rings is 1. The summed E-state index contributed by atoms with van der Waals surface area (Å²) in [7, 11) is 0. The summed E-state index contributed by atoms with van der Waals surface area (Å²) in [5.74, 6) is 0.668. The van der Waals surface area contributed by atoms with Gasteiger partial charge in [0.2, 0.25) is 0 Å². The van der Waals surface area contributed by atoms with E-state index in [0.717, 1.165) is 32.5 Å². The Morgan fingerprint density at radius 2 is 1.94 bits per heavy atom. The minimum atomic E-state index is -0.242. The van der Waals surface area contributed by atoms with Crippen LogP contribution in [0.1, 0.15) is 61.7 Å². The average Bonchev–Trinajstić information content (AvgIpc) is 3.19. The SMILES string of the molecule is O=C1Nc2ccccc2N(C(=O)N2CCCC(CCC3CCCCCN3)C2)c2ncccc21. The second kappa shape index (κ2) is 9.91. The lowest BCUT2D eigenvalue weighted by Crippen LogP contribution is -2.46. The number of para-hydroxylation sites is 2. The highest BCUT2D eigenvalue weighted by molar-refractivity contribution is 6.16. The van der Waals surface area contributed by atoms with Crippen molar-refractivity contribution >= 4 is 29.1 Å². The van der Waals surface area contributed by atoms with Gasteiger partial charge in [0.15, 0.2) is 5.82 Å². The van der Waals surface area contributed by atoms with E-state index in [1.54, 1.807) is 23.2 Å². The van der Waals surface area contributed by atoms with E-state index < -0.39 is 0 Å². The summed E-state index contributed by atoms with van der Waals surface area (Å²) in [5.41, 5.74) is 1.70. The van der Waals surface area contributed by atoms with Gasteiger partial charge in [-0.3, -0.25) is 4.79 Å². The van der Waals surface area contributed by atoms with Gasteiger partial charge in [0.05, 0.1) is 16.9 Å². The van der Waals surface area contributed by atoms with Gasteiger partial charge in [-0.15, -0.1) is 0 Å². The van der Waals surface area contributed by atoms with E-state index in [1.807, 2.05) is 29.2 Å². The average molecular weight is 448 g/mol. The molecule has 33 heavy (non-hydrogen) atoms. The van der Waals surface area contributed by atoms with Crippen LogP contribution in [-0.4, -0.2) is 47.5 Å². The number of urea groups is 1. The Morgan fingerprint density at radius 1 is 1.03 bits per heavy atom. The van der Waals surface area contributed by atoms with Crippen LogP contribution < -0.4 is 15.5 Å². The highest BCUT2D eigenvalue weighted by atomic mass is 16.2. The van der Waals surface area contributed by atoms with Crippen molar-refractivity contribution in [1.82, 2.24) is 15.2 Å². The molecule has 2 aromatic rings. The topological polar surface area (TPSA) is 77.6 Å². The molecular formula is C26H33N5O2. The molecule has 0 bridgehead atoms. The van der Waals surface area contributed by atoms with Gasteiger partial charge in [-0.2, -0.15) is 0 Å². The Morgan fingerprint density at radius 3 is 2.88 bits per heavy atom. The first-order valence-electron chi connectivity index (χ1n) is 12.4. The second-order valence-corrected chi connectivity index (χ2v) is 9.50. The van der Waals surface area contributed by atoms with Gasteiger partial charge in [-0.05, 0) is 75.3 Å². The molecular weight excluding hydrogens is 414 g/mol. The number of nitrogens with zero attached hydrogens (tertiary/aromatic N) is 3. The van der Waals surface area contributed by atoms with Crippen molar-refractivity contribution in [3.63, 3.8) is 0 Å². The van der Waals surface area contributed by atoms with Crippen molar-refractivity contribution in [3.8, 4) is 0 Å². The molecule has 174 valence electrons. The highest BCUT2D eigenvalue weighted by Gasteiger charge is 2.34. The number of pyridine rings is 1. The molecule has 7 heteroatoms. The normalized spacial score (nSPS) is 23.1. The van der Waals surface area contributed by atoms with Crippen LogP contribution in [0.25, 0.3) is 0 Å². The molecule has 1 aromatic carbocycles. The minimum Gasteiger partial charge on any atom is -0.324 e. The Balaban J connectivity index is 1.35. The van der Waals surface area contributed by atoms with E-state index in [4.69, 9.17) is 0 Å². The fourth-order valence-electron chi connectivity index (χ4n) is 5.42. The molecule has 3 amide bonds. The maximum absolute atomic E-state index is 13.9. The lowest BCUT2D eigenvalue weighted by Gasteiger charge is -2.36. The van der Waals surface area contributed by atoms with Crippen LogP contribution in [0.4, 0.5) is 22.0 Å². The lowest BCUT2D eigenvalue weighted by molar-refractivity contribution is 0.102. The predicted molar refractivity (Wildman–Crippen MR) is 130 cm³/mol. The number of piperidine rings is 1. The number of likely N-dealkylation sites (tertiary alicyclic amines) is 1. The first kappa shape index (κ1) is 21.9. The van der Waals surface area contributed by atoms with E-state index in [-0.39, 0.29) is 11.9 Å². The number of carbonyl (C=O) groups excluding carboxylic acids is 2. The van der Waals surface area contributed by atoms with E-state index in [2.05, 4.69) is 15.6 Å². The smallest absolute Gasteiger partial charge is 0.324 e. The third-order valence-corrected chi connectivity index (χ3v) is 7.20. The van der Waals surface area contributed by atoms with Crippen LogP contribution in [0.15, 0.2) is 42.6 Å². The third-order valence-electron chi connectivity index (χ3n) is 7.20. The minimum absolute atomic E-state index is 0.101. The van der Waals surface area contributed by atoms with Gasteiger partial charge >= 0.3 is 6.03 Å². The van der Waals surface area contributed by atoms with Crippen molar-refractivity contribution in [2.75, 3.05) is 29.9 Å². The summed E-state index contributed by atoms with van der Waals surface area (Å²) < 4.78 is 0. The molecule has 2 saturated heterocycles. The van der Waals surface area contributed by atoms with E-state index >= 15 is 0 Å². The van der Waals surface area contributed by atoms with Crippen molar-refractivity contribution in [2.45, 2.75) is 57.4 Å². The first-order chi connectivity index (χ1) is 16.2. The number of hydrogen-bond acceptors (Lipinski definition) is 4. The van der Waals surface area contributed by atoms with E-state index in [1.165, 1.54) is 38.5 Å². The molecule has 1 aromatic heterocycles. The number of rotatable bonds is 3. The number of carbonyl (C=O) groups is 2. The van der Waals surface area contributed by atoms with Crippen molar-refractivity contribution in [3.05, 3.63) is 48.2 Å². The molecule has 3 aliphatic rings. The van der Waals surface area contributed by atoms with Crippen LogP contribution in [0.3, 0.4) is 0 Å². The summed E-state index contributed by atoms with van der Waals surface area (Å²) in [4.78, 5) is 34.8. The summed E-state index contributed by atoms with van der Waals surface area (Å²) in [6, 6.07) is 11.4. The van der Waals surface area contributed by atoms with Crippen LogP contribution in [-0.2, 0) is 0 Å². The zero-order valence-electron chi connectivity index (χ0n) is 19.1. The van der Waals surface area contributed by atoms with Gasteiger partial charge in [-0.1, -0.05) is 25.0 Å². The van der Waals surface area contributed by atoms with Crippen molar-refractivity contribution in [1.29, 1.82) is 0 Å². The maximum atomic E-state index is 13.9. The molecule has 4 heterocycles. The lowest BCUT2D eigenvalue weighted by atomic mass is 9.91. The molecule has 7 nitrogen and oxygen atoms in total. The van der Waals surface area contributed by atoms with Crippen LogP contribution in [0, 0.1) is 5.92 Å². The van der Waals surface area contributed by atoms with Gasteiger partial charge in [0, 0.05) is 25.3 Å². The fourth-order valence-corrected chi connectivity index (χ4v) is 5.42. The monoisotopic (exact) mass is 447 g/mol. The third kappa shape index (κ3) is 4.74. The molecule has 2 atom stereocenters. The Hall–Kier alpha value is -2.93. The molecule has 0 aliphatic carbocycles. The quantitative estimate of drug-likeness (QED) is 0.699. The zero-order valence-corrected chi connectivity index (χ0v) is 19.1. The number of nitrogens with one attached hydrogen (secondary N) is 2. The number of aromatic nitrogens is 1. The molecule has 0 radical (unpaired) electrons. The molecule has 2 unspecified atom stereocenters. The maximum Gasteiger partial charge on any atom is 0.330 e. The molecule has 3 aliphatic heterocycles. The second-order valence-electron chi connectivity index (χ2n) is 9.50. The number of anilines is 3. The van der Waals surface area contributed by atoms with E-state index in [9.17, 15) is 9.59 Å². The molecule has 0 saturated carbocycles. The van der Waals surface area contributed by atoms with E-state index in [0.29, 0.717) is 34.7 Å². The van der Waals surface area contributed by atoms with Gasteiger partial charge < -0.3 is 15.5 Å². The van der Waals surface area contributed by atoms with Gasteiger partial charge in [0.25, 0.3) is 5.91 Å². The zero-order chi connectivity index (χ0) is 22.6. The number of fused-ring (bicyclic) bond motifs is 2. The van der Waals surface area contributed by atoms with Crippen molar-refractivity contribution < 1.29 is 9.59 Å². The van der Waals surface area contributed by atoms with Gasteiger partial charge in [-0.25, -0.2) is 14.7 Å². The largest absolute Gasteiger partial charge is 0.330 e. The number of hydrogen-bond donors (Lipinski definition) is 2. The predicted octanol–water partition coefficient (Wildman–Crippen LogP) is 4.93. The summed E-state index contributed by atoms with van der Waals surface area (Å²) in [5, 5.41) is 6.64. The highest BCUT2D eigenvalue weighted by Crippen LogP contribution is 2.38. The molecule has 5 rings (SSSR count). The summed E-state index contributed by atoms with van der Waals surface area (Å²) in [6.07, 6.45) is 11.3. The van der Waals surface area contributed by atoms with Crippen LogP contribution in [0.5, 0.6) is 0 Å². The fraction of sp³-hybridized carbons (Fsp3) is 0.500. The Kier molecular flexibility index (Phi) is 6.58. The van der Waals surface area contributed by atoms with Crippen molar-refractivity contribution in [2.24, 2.45) is 5.92 Å². The summed E-state index contributed by atoms with van der Waals surface area (Å²) in [6.45, 7) is 2.63. The van der Waals surface area contributed by atoms with Crippen LogP contribution in [0.2, 0.25) is 0 Å². The number of amides is 3. The Labute approximate surface area is 195 Å².